The lowest BCUT2D eigenvalue weighted by Gasteiger charge is -2.10. The molecule has 3 heteroatoms. The minimum atomic E-state index is 0.213. The molecule has 1 aromatic rings. The largest absolute Gasteiger partial charge is 0.474 e. The van der Waals surface area contributed by atoms with Crippen molar-refractivity contribution in [1.82, 2.24) is 4.37 Å². The molecule has 0 saturated heterocycles. The number of ether oxygens (including phenoxy) is 1. The summed E-state index contributed by atoms with van der Waals surface area (Å²) in [5.41, 5.74) is 1.22. The number of rotatable bonds is 3. The molecule has 0 saturated carbocycles. The van der Waals surface area contributed by atoms with Gasteiger partial charge in [0.15, 0.2) is 0 Å². The maximum absolute atomic E-state index is 5.55. The molecule has 0 bridgehead atoms. The maximum Gasteiger partial charge on any atom is 0.228 e. The van der Waals surface area contributed by atoms with Crippen molar-refractivity contribution in [2.75, 3.05) is 0 Å². The van der Waals surface area contributed by atoms with Crippen LogP contribution in [-0.4, -0.2) is 10.5 Å². The first-order chi connectivity index (χ1) is 5.61. The van der Waals surface area contributed by atoms with Crippen molar-refractivity contribution in [3.8, 4) is 5.88 Å². The van der Waals surface area contributed by atoms with Gasteiger partial charge in [-0.25, -0.2) is 0 Å². The van der Waals surface area contributed by atoms with E-state index in [-0.39, 0.29) is 6.10 Å². The fourth-order valence-corrected chi connectivity index (χ4v) is 1.71. The van der Waals surface area contributed by atoms with Gasteiger partial charge in [0, 0.05) is 10.9 Å². The average Bonchev–Trinajstić information content (AvgIpc) is 2.33. The van der Waals surface area contributed by atoms with E-state index in [0.29, 0.717) is 5.92 Å². The van der Waals surface area contributed by atoms with Crippen molar-refractivity contribution in [2.45, 2.75) is 39.7 Å². The highest BCUT2D eigenvalue weighted by Gasteiger charge is 2.11. The predicted molar refractivity (Wildman–Crippen MR) is 52.0 cm³/mol. The van der Waals surface area contributed by atoms with Crippen LogP contribution in [0.15, 0.2) is 5.38 Å². The van der Waals surface area contributed by atoms with Crippen molar-refractivity contribution in [1.29, 1.82) is 0 Å². The molecule has 0 N–H and O–H groups in total. The highest BCUT2D eigenvalue weighted by Crippen LogP contribution is 2.27. The lowest BCUT2D eigenvalue weighted by molar-refractivity contribution is 0.232. The molecule has 0 aliphatic heterocycles. The molecule has 1 aromatic heterocycles. The number of nitrogens with zero attached hydrogens (tertiary/aromatic N) is 1. The second-order valence-corrected chi connectivity index (χ2v) is 4.03. The molecule has 2 nitrogen and oxygen atoms in total. The molecule has 0 unspecified atom stereocenters. The minimum Gasteiger partial charge on any atom is -0.474 e. The van der Waals surface area contributed by atoms with E-state index in [0.717, 1.165) is 5.88 Å². The molecular weight excluding hydrogens is 170 g/mol. The Morgan fingerprint density at radius 2 is 2.00 bits per heavy atom. The Balaban J connectivity index is 2.77. The van der Waals surface area contributed by atoms with Crippen LogP contribution in [0.25, 0.3) is 0 Å². The molecule has 0 spiro atoms. The fraction of sp³-hybridized carbons (Fsp3) is 0.667. The molecule has 1 heterocycles. The van der Waals surface area contributed by atoms with E-state index < -0.39 is 0 Å². The molecule has 12 heavy (non-hydrogen) atoms. The maximum atomic E-state index is 5.55. The average molecular weight is 185 g/mol. The van der Waals surface area contributed by atoms with Crippen molar-refractivity contribution in [3.05, 3.63) is 10.9 Å². The lowest BCUT2D eigenvalue weighted by Crippen LogP contribution is -2.07. The summed E-state index contributed by atoms with van der Waals surface area (Å²) in [4.78, 5) is 0. The quantitative estimate of drug-likeness (QED) is 0.722. The number of hydrogen-bond acceptors (Lipinski definition) is 3. The van der Waals surface area contributed by atoms with Gasteiger partial charge in [-0.2, -0.15) is 4.37 Å². The van der Waals surface area contributed by atoms with Gasteiger partial charge in [0.1, 0.15) is 0 Å². The highest BCUT2D eigenvalue weighted by atomic mass is 32.1. The zero-order valence-corrected chi connectivity index (χ0v) is 8.81. The molecule has 0 radical (unpaired) electrons. The van der Waals surface area contributed by atoms with Crippen LogP contribution in [0.5, 0.6) is 5.88 Å². The smallest absolute Gasteiger partial charge is 0.228 e. The molecular formula is C9H15NOS. The minimum absolute atomic E-state index is 0.213. The summed E-state index contributed by atoms with van der Waals surface area (Å²) in [6.07, 6.45) is 0.213. The van der Waals surface area contributed by atoms with Gasteiger partial charge in [0.05, 0.1) is 6.10 Å². The first kappa shape index (κ1) is 9.52. The third kappa shape index (κ3) is 2.21. The van der Waals surface area contributed by atoms with E-state index in [1.807, 2.05) is 13.8 Å². The standard InChI is InChI=1S/C9H15NOS/c1-6(2)8-5-12-10-9(8)11-7(3)4/h5-7H,1-4H3. The van der Waals surface area contributed by atoms with Gasteiger partial charge in [-0.05, 0) is 31.3 Å². The van der Waals surface area contributed by atoms with Crippen LogP contribution in [0.1, 0.15) is 39.2 Å². The van der Waals surface area contributed by atoms with Crippen molar-refractivity contribution in [2.24, 2.45) is 0 Å². The van der Waals surface area contributed by atoms with Gasteiger partial charge in [-0.15, -0.1) is 0 Å². The summed E-state index contributed by atoms with van der Waals surface area (Å²) in [6.45, 7) is 8.33. The summed E-state index contributed by atoms with van der Waals surface area (Å²) in [6, 6.07) is 0. The highest BCUT2D eigenvalue weighted by molar-refractivity contribution is 7.03. The van der Waals surface area contributed by atoms with E-state index in [1.54, 1.807) is 0 Å². The summed E-state index contributed by atoms with van der Waals surface area (Å²) < 4.78 is 9.74. The molecule has 0 amide bonds. The lowest BCUT2D eigenvalue weighted by atomic mass is 10.1. The summed E-state index contributed by atoms with van der Waals surface area (Å²) in [5, 5.41) is 2.06. The molecule has 1 rings (SSSR count). The summed E-state index contributed by atoms with van der Waals surface area (Å²) in [5.74, 6) is 1.31. The summed E-state index contributed by atoms with van der Waals surface area (Å²) in [7, 11) is 0. The van der Waals surface area contributed by atoms with Crippen LogP contribution >= 0.6 is 11.5 Å². The zero-order chi connectivity index (χ0) is 9.14. The molecule has 0 aliphatic carbocycles. The van der Waals surface area contributed by atoms with E-state index >= 15 is 0 Å². The van der Waals surface area contributed by atoms with Gasteiger partial charge in [0.2, 0.25) is 5.88 Å². The number of aromatic nitrogens is 1. The third-order valence-electron chi connectivity index (χ3n) is 1.53. The van der Waals surface area contributed by atoms with Crippen LogP contribution in [0.2, 0.25) is 0 Å². The van der Waals surface area contributed by atoms with Crippen LogP contribution in [0.4, 0.5) is 0 Å². The van der Waals surface area contributed by atoms with Crippen molar-refractivity contribution < 1.29 is 4.74 Å². The van der Waals surface area contributed by atoms with Crippen molar-refractivity contribution in [3.63, 3.8) is 0 Å². The molecule has 0 fully saturated rings. The Hall–Kier alpha value is -0.570. The monoisotopic (exact) mass is 185 g/mol. The van der Waals surface area contributed by atoms with Crippen LogP contribution in [0.3, 0.4) is 0 Å². The molecule has 68 valence electrons. The number of hydrogen-bond donors (Lipinski definition) is 0. The molecule has 0 aliphatic rings. The van der Waals surface area contributed by atoms with E-state index in [2.05, 4.69) is 23.6 Å². The normalized spacial score (nSPS) is 11.2. The SMILES string of the molecule is CC(C)Oc1nscc1C(C)C. The molecule has 0 atom stereocenters. The Bertz CT molecular complexity index is 242. The summed E-state index contributed by atoms with van der Waals surface area (Å²) >= 11 is 1.46. The van der Waals surface area contributed by atoms with Gasteiger partial charge in [0.25, 0.3) is 0 Å². The molecule has 0 aromatic carbocycles. The van der Waals surface area contributed by atoms with Gasteiger partial charge in [-0.3, -0.25) is 0 Å². The third-order valence-corrected chi connectivity index (χ3v) is 2.16. The predicted octanol–water partition coefficient (Wildman–Crippen LogP) is 3.05. The fourth-order valence-electron chi connectivity index (χ4n) is 0.930. The van der Waals surface area contributed by atoms with Crippen LogP contribution in [0, 0.1) is 0 Å². The van der Waals surface area contributed by atoms with E-state index in [1.165, 1.54) is 17.1 Å². The topological polar surface area (TPSA) is 22.1 Å². The van der Waals surface area contributed by atoms with Crippen LogP contribution in [-0.2, 0) is 0 Å². The Morgan fingerprint density at radius 1 is 1.33 bits per heavy atom. The Kier molecular flexibility index (Phi) is 3.09. The Morgan fingerprint density at radius 3 is 2.50 bits per heavy atom. The van der Waals surface area contributed by atoms with Crippen LogP contribution < -0.4 is 4.74 Å². The second kappa shape index (κ2) is 3.90. The first-order valence-electron chi connectivity index (χ1n) is 4.22. The Labute approximate surface area is 77.7 Å². The second-order valence-electron chi connectivity index (χ2n) is 3.40. The van der Waals surface area contributed by atoms with Gasteiger partial charge < -0.3 is 4.74 Å². The first-order valence-corrected chi connectivity index (χ1v) is 5.06. The van der Waals surface area contributed by atoms with E-state index in [4.69, 9.17) is 4.74 Å². The zero-order valence-electron chi connectivity index (χ0n) is 8.00. The van der Waals surface area contributed by atoms with Gasteiger partial charge >= 0.3 is 0 Å². The van der Waals surface area contributed by atoms with Crippen molar-refractivity contribution >= 4 is 11.5 Å². The van der Waals surface area contributed by atoms with E-state index in [9.17, 15) is 0 Å². The van der Waals surface area contributed by atoms with Gasteiger partial charge in [-0.1, -0.05) is 13.8 Å².